The van der Waals surface area contributed by atoms with Crippen molar-refractivity contribution < 1.29 is 14.3 Å². The second kappa shape index (κ2) is 8.94. The number of esters is 1. The van der Waals surface area contributed by atoms with E-state index in [1.165, 1.54) is 11.1 Å². The highest BCUT2D eigenvalue weighted by atomic mass is 16.5. The molecule has 0 amide bonds. The van der Waals surface area contributed by atoms with Gasteiger partial charge in [-0.3, -0.25) is 9.59 Å². The number of aryl methyl sites for hydroxylation is 1. The third-order valence-electron chi connectivity index (χ3n) is 6.53. The third-order valence-corrected chi connectivity index (χ3v) is 6.53. The van der Waals surface area contributed by atoms with Crippen molar-refractivity contribution in [1.29, 1.82) is 0 Å². The molecule has 0 aromatic heterocycles. The number of hydrogen-bond donors (Lipinski definition) is 0. The molecule has 0 N–H and O–H groups in total. The van der Waals surface area contributed by atoms with Gasteiger partial charge in [0.2, 0.25) is 0 Å². The van der Waals surface area contributed by atoms with Gasteiger partial charge in [0.1, 0.15) is 6.10 Å². The molecule has 0 saturated carbocycles. The van der Waals surface area contributed by atoms with Gasteiger partial charge in [0, 0.05) is 11.1 Å². The molecule has 2 aromatic rings. The van der Waals surface area contributed by atoms with Crippen LogP contribution >= 0.6 is 0 Å². The van der Waals surface area contributed by atoms with Gasteiger partial charge in [-0.25, -0.2) is 0 Å². The second-order valence-corrected chi connectivity index (χ2v) is 8.26. The Balaban J connectivity index is 2.00. The first kappa shape index (κ1) is 21.3. The minimum Gasteiger partial charge on any atom is -0.456 e. The summed E-state index contributed by atoms with van der Waals surface area (Å²) >= 11 is 0. The van der Waals surface area contributed by atoms with Crippen LogP contribution in [0.5, 0.6) is 0 Å². The molecule has 0 bridgehead atoms. The van der Waals surface area contributed by atoms with Crippen LogP contribution in [-0.2, 0) is 9.53 Å². The summed E-state index contributed by atoms with van der Waals surface area (Å²) in [6, 6.07) is 11.7. The lowest BCUT2D eigenvalue weighted by Crippen LogP contribution is -2.23. The Labute approximate surface area is 174 Å². The highest BCUT2D eigenvalue weighted by molar-refractivity contribution is 6.06. The fourth-order valence-corrected chi connectivity index (χ4v) is 4.36. The summed E-state index contributed by atoms with van der Waals surface area (Å²) in [7, 11) is 0. The minimum absolute atomic E-state index is 0.0476. The molecule has 3 unspecified atom stereocenters. The maximum Gasteiger partial charge on any atom is 0.309 e. The largest absolute Gasteiger partial charge is 0.456 e. The van der Waals surface area contributed by atoms with Crippen LogP contribution in [0.15, 0.2) is 36.4 Å². The number of hydrogen-bond acceptors (Lipinski definition) is 3. The Bertz CT molecular complexity index is 912. The van der Waals surface area contributed by atoms with E-state index in [4.69, 9.17) is 4.74 Å². The monoisotopic (exact) mass is 392 g/mol. The number of rotatable bonds is 7. The molecule has 0 saturated heterocycles. The van der Waals surface area contributed by atoms with Gasteiger partial charge in [0.15, 0.2) is 5.78 Å². The van der Waals surface area contributed by atoms with Crippen LogP contribution in [-0.4, -0.2) is 11.8 Å². The molecule has 3 nitrogen and oxygen atoms in total. The molecule has 0 spiro atoms. The van der Waals surface area contributed by atoms with Crippen molar-refractivity contribution >= 4 is 11.8 Å². The summed E-state index contributed by atoms with van der Waals surface area (Å²) < 4.78 is 6.09. The molecule has 1 aliphatic carbocycles. The number of carbonyl (C=O) groups excluding carboxylic acids is 2. The Morgan fingerprint density at radius 2 is 1.72 bits per heavy atom. The average molecular weight is 393 g/mol. The topological polar surface area (TPSA) is 43.4 Å². The van der Waals surface area contributed by atoms with Crippen LogP contribution in [0.4, 0.5) is 0 Å². The molecular weight excluding hydrogens is 360 g/mol. The summed E-state index contributed by atoms with van der Waals surface area (Å²) in [6.07, 6.45) is 3.10. The molecule has 1 aliphatic rings. The number of fused-ring (bicyclic) bond motifs is 1. The van der Waals surface area contributed by atoms with E-state index < -0.39 is 12.0 Å². The summed E-state index contributed by atoms with van der Waals surface area (Å²) in [5.74, 6) is -0.716. The van der Waals surface area contributed by atoms with E-state index in [1.807, 2.05) is 37.3 Å². The zero-order chi connectivity index (χ0) is 21.1. The van der Waals surface area contributed by atoms with Gasteiger partial charge in [-0.2, -0.15) is 0 Å². The predicted octanol–water partition coefficient (Wildman–Crippen LogP) is 6.39. The molecule has 0 fully saturated rings. The molecule has 0 aliphatic heterocycles. The van der Waals surface area contributed by atoms with E-state index in [1.54, 1.807) is 0 Å². The molecule has 154 valence electrons. The summed E-state index contributed by atoms with van der Waals surface area (Å²) in [5, 5.41) is 0. The lowest BCUT2D eigenvalue weighted by atomic mass is 9.86. The van der Waals surface area contributed by atoms with E-state index in [9.17, 15) is 9.59 Å². The zero-order valence-corrected chi connectivity index (χ0v) is 18.2. The Morgan fingerprint density at radius 1 is 1.00 bits per heavy atom. The number of unbranched alkanes of at least 4 members (excludes halogenated alkanes) is 1. The number of carbonyl (C=O) groups is 2. The number of ether oxygens (including phenoxy) is 1. The van der Waals surface area contributed by atoms with E-state index in [2.05, 4.69) is 33.8 Å². The second-order valence-electron chi connectivity index (χ2n) is 8.26. The van der Waals surface area contributed by atoms with Crippen molar-refractivity contribution in [1.82, 2.24) is 0 Å². The van der Waals surface area contributed by atoms with Crippen LogP contribution < -0.4 is 0 Å². The molecule has 0 radical (unpaired) electrons. The highest BCUT2D eigenvalue weighted by Crippen LogP contribution is 2.46. The van der Waals surface area contributed by atoms with Crippen LogP contribution in [0.1, 0.15) is 89.7 Å². The van der Waals surface area contributed by atoms with Gasteiger partial charge in [-0.15, -0.1) is 0 Å². The standard InChI is InChI=1S/C26H32O3/c1-6-8-11-19(7-2)26(28)29-25-22-13-10-9-12-21(22)24(27)23(25)20-15-14-16(3)17(4)18(20)5/h9-10,12-15,19,23,25H,6-8,11H2,1-5H3. The predicted molar refractivity (Wildman–Crippen MR) is 116 cm³/mol. The number of Topliss-reactive ketones (excluding diaryl/α,β-unsaturated/α-hetero) is 1. The van der Waals surface area contributed by atoms with E-state index in [0.29, 0.717) is 5.56 Å². The van der Waals surface area contributed by atoms with Crippen LogP contribution in [0.25, 0.3) is 0 Å². The molecule has 29 heavy (non-hydrogen) atoms. The molecular formula is C26H32O3. The van der Waals surface area contributed by atoms with Gasteiger partial charge in [0.25, 0.3) is 0 Å². The van der Waals surface area contributed by atoms with Crippen molar-refractivity contribution in [2.45, 2.75) is 72.3 Å². The van der Waals surface area contributed by atoms with Crippen molar-refractivity contribution in [3.63, 3.8) is 0 Å². The lowest BCUT2D eigenvalue weighted by Gasteiger charge is -2.25. The first-order chi connectivity index (χ1) is 13.9. The quantitative estimate of drug-likeness (QED) is 0.513. The molecule has 0 heterocycles. The van der Waals surface area contributed by atoms with Crippen LogP contribution in [0.2, 0.25) is 0 Å². The summed E-state index contributed by atoms with van der Waals surface area (Å²) in [4.78, 5) is 26.4. The smallest absolute Gasteiger partial charge is 0.309 e. The Morgan fingerprint density at radius 3 is 2.41 bits per heavy atom. The summed E-state index contributed by atoms with van der Waals surface area (Å²) in [5.41, 5.74) is 5.97. The van der Waals surface area contributed by atoms with Gasteiger partial charge in [0.05, 0.1) is 11.8 Å². The van der Waals surface area contributed by atoms with E-state index in [0.717, 1.165) is 42.4 Å². The van der Waals surface area contributed by atoms with Gasteiger partial charge >= 0.3 is 5.97 Å². The molecule has 3 heteroatoms. The van der Waals surface area contributed by atoms with E-state index >= 15 is 0 Å². The highest BCUT2D eigenvalue weighted by Gasteiger charge is 2.44. The zero-order valence-electron chi connectivity index (χ0n) is 18.2. The Hall–Kier alpha value is -2.42. The first-order valence-electron chi connectivity index (χ1n) is 10.8. The van der Waals surface area contributed by atoms with Crippen LogP contribution in [0, 0.1) is 26.7 Å². The fraction of sp³-hybridized carbons (Fsp3) is 0.462. The molecule has 3 rings (SSSR count). The molecule has 3 atom stereocenters. The molecule has 2 aromatic carbocycles. The number of ketones is 1. The van der Waals surface area contributed by atoms with Crippen molar-refractivity contribution in [3.05, 3.63) is 69.8 Å². The minimum atomic E-state index is -0.553. The summed E-state index contributed by atoms with van der Waals surface area (Å²) in [6.45, 7) is 10.4. The number of benzene rings is 2. The SMILES string of the molecule is CCCCC(CC)C(=O)OC1c2ccccc2C(=O)C1c1ccc(C)c(C)c1C. The first-order valence-corrected chi connectivity index (χ1v) is 10.8. The maximum atomic E-state index is 13.4. The van der Waals surface area contributed by atoms with Crippen molar-refractivity contribution in [3.8, 4) is 0 Å². The third kappa shape index (κ3) is 4.01. The normalized spacial score (nSPS) is 19.1. The maximum absolute atomic E-state index is 13.4. The van der Waals surface area contributed by atoms with Crippen molar-refractivity contribution in [2.75, 3.05) is 0 Å². The fourth-order valence-electron chi connectivity index (χ4n) is 4.36. The van der Waals surface area contributed by atoms with Gasteiger partial charge in [-0.05, 0) is 55.9 Å². The van der Waals surface area contributed by atoms with Gasteiger partial charge in [-0.1, -0.05) is 63.1 Å². The van der Waals surface area contributed by atoms with Gasteiger partial charge < -0.3 is 4.74 Å². The van der Waals surface area contributed by atoms with Crippen molar-refractivity contribution in [2.24, 2.45) is 5.92 Å². The van der Waals surface area contributed by atoms with E-state index in [-0.39, 0.29) is 17.7 Å². The van der Waals surface area contributed by atoms with Crippen LogP contribution in [0.3, 0.4) is 0 Å². The lowest BCUT2D eigenvalue weighted by molar-refractivity contribution is -0.155. The Kier molecular flexibility index (Phi) is 6.56. The average Bonchev–Trinajstić information content (AvgIpc) is 2.99.